The van der Waals surface area contributed by atoms with Crippen molar-refractivity contribution in [2.45, 2.75) is 19.4 Å². The van der Waals surface area contributed by atoms with E-state index in [9.17, 15) is 13.2 Å². The number of rotatable bonds is 5. The molecule has 0 spiro atoms. The normalized spacial score (nSPS) is 18.0. The molecule has 0 radical (unpaired) electrons. The standard InChI is InChI=1S/C14H20N2O4S/c1-10-9-16(21(3,18)19)12-8-11(4-5-14(12)20-10)13(17)6-7-15-2/h4-5,8,10,15H,6-7,9H2,1-3H3. The fourth-order valence-corrected chi connectivity index (χ4v) is 3.25. The van der Waals surface area contributed by atoms with E-state index in [4.69, 9.17) is 4.74 Å². The molecule has 2 rings (SSSR count). The number of fused-ring (bicyclic) bond motifs is 1. The summed E-state index contributed by atoms with van der Waals surface area (Å²) in [6, 6.07) is 4.94. The van der Waals surface area contributed by atoms with Crippen LogP contribution in [0.5, 0.6) is 5.75 Å². The third kappa shape index (κ3) is 3.54. The minimum Gasteiger partial charge on any atom is -0.487 e. The molecule has 0 amide bonds. The molecule has 21 heavy (non-hydrogen) atoms. The molecule has 1 heterocycles. The molecular formula is C14H20N2O4S. The predicted molar refractivity (Wildman–Crippen MR) is 81.6 cm³/mol. The Morgan fingerprint density at radius 1 is 1.48 bits per heavy atom. The van der Waals surface area contributed by atoms with Crippen molar-refractivity contribution in [1.82, 2.24) is 5.32 Å². The van der Waals surface area contributed by atoms with Crippen molar-refractivity contribution in [1.29, 1.82) is 0 Å². The van der Waals surface area contributed by atoms with Crippen molar-refractivity contribution in [3.8, 4) is 5.75 Å². The van der Waals surface area contributed by atoms with E-state index in [1.54, 1.807) is 25.2 Å². The van der Waals surface area contributed by atoms with Gasteiger partial charge in [0.2, 0.25) is 10.0 Å². The van der Waals surface area contributed by atoms with Crippen molar-refractivity contribution >= 4 is 21.5 Å². The number of ketones is 1. The molecule has 0 aromatic heterocycles. The molecule has 1 atom stereocenters. The number of benzene rings is 1. The molecule has 0 fully saturated rings. The van der Waals surface area contributed by atoms with Gasteiger partial charge < -0.3 is 10.1 Å². The lowest BCUT2D eigenvalue weighted by Gasteiger charge is -2.33. The Labute approximate surface area is 125 Å². The van der Waals surface area contributed by atoms with E-state index >= 15 is 0 Å². The maximum absolute atomic E-state index is 12.1. The van der Waals surface area contributed by atoms with E-state index in [0.717, 1.165) is 6.26 Å². The van der Waals surface area contributed by atoms with Crippen molar-refractivity contribution in [3.63, 3.8) is 0 Å². The van der Waals surface area contributed by atoms with Gasteiger partial charge >= 0.3 is 0 Å². The van der Waals surface area contributed by atoms with Gasteiger partial charge in [0.05, 0.1) is 18.5 Å². The van der Waals surface area contributed by atoms with Crippen molar-refractivity contribution in [2.75, 3.05) is 30.7 Å². The van der Waals surface area contributed by atoms with Crippen LogP contribution in [0, 0.1) is 0 Å². The summed E-state index contributed by atoms with van der Waals surface area (Å²) in [5.41, 5.74) is 0.932. The SMILES string of the molecule is CNCCC(=O)c1ccc2c(c1)N(S(C)(=O)=O)CC(C)O2. The average molecular weight is 312 g/mol. The molecule has 0 saturated heterocycles. The first-order valence-corrected chi connectivity index (χ1v) is 8.64. The molecule has 1 aromatic carbocycles. The highest BCUT2D eigenvalue weighted by atomic mass is 32.2. The zero-order valence-corrected chi connectivity index (χ0v) is 13.2. The summed E-state index contributed by atoms with van der Waals surface area (Å²) in [6.45, 7) is 2.65. The third-order valence-electron chi connectivity index (χ3n) is 3.30. The van der Waals surface area contributed by atoms with Gasteiger partial charge in [0, 0.05) is 18.5 Å². The summed E-state index contributed by atoms with van der Waals surface area (Å²) in [5, 5.41) is 2.92. The van der Waals surface area contributed by atoms with Crippen LogP contribution in [0.3, 0.4) is 0 Å². The Morgan fingerprint density at radius 3 is 2.81 bits per heavy atom. The molecule has 7 heteroatoms. The smallest absolute Gasteiger partial charge is 0.232 e. The quantitative estimate of drug-likeness (QED) is 0.822. The van der Waals surface area contributed by atoms with Gasteiger partial charge in [0.1, 0.15) is 11.9 Å². The highest BCUT2D eigenvalue weighted by molar-refractivity contribution is 7.92. The van der Waals surface area contributed by atoms with Crippen LogP contribution < -0.4 is 14.4 Å². The molecule has 1 unspecified atom stereocenters. The van der Waals surface area contributed by atoms with Crippen LogP contribution in [0.2, 0.25) is 0 Å². The van der Waals surface area contributed by atoms with E-state index in [1.807, 2.05) is 6.92 Å². The van der Waals surface area contributed by atoms with Crippen LogP contribution in [0.4, 0.5) is 5.69 Å². The number of sulfonamides is 1. The second kappa shape index (κ2) is 6.03. The maximum atomic E-state index is 12.1. The molecule has 6 nitrogen and oxygen atoms in total. The molecule has 1 aliphatic rings. The second-order valence-electron chi connectivity index (χ2n) is 5.18. The number of hydrogen-bond acceptors (Lipinski definition) is 5. The summed E-state index contributed by atoms with van der Waals surface area (Å²) in [4.78, 5) is 12.1. The first kappa shape index (κ1) is 15.8. The molecular weight excluding hydrogens is 292 g/mol. The van der Waals surface area contributed by atoms with Gasteiger partial charge in [-0.15, -0.1) is 0 Å². The van der Waals surface area contributed by atoms with Crippen LogP contribution in [0.1, 0.15) is 23.7 Å². The Balaban J connectivity index is 2.39. The number of carbonyl (C=O) groups excluding carboxylic acids is 1. The Bertz CT molecular complexity index is 642. The van der Waals surface area contributed by atoms with Gasteiger partial charge in [-0.25, -0.2) is 8.42 Å². The summed E-state index contributed by atoms with van der Waals surface area (Å²) in [7, 11) is -1.62. The number of hydrogen-bond donors (Lipinski definition) is 1. The van der Waals surface area contributed by atoms with E-state index in [0.29, 0.717) is 30.0 Å². The van der Waals surface area contributed by atoms with Gasteiger partial charge in [-0.1, -0.05) is 0 Å². The third-order valence-corrected chi connectivity index (χ3v) is 4.45. The molecule has 1 N–H and O–H groups in total. The Morgan fingerprint density at radius 2 is 2.19 bits per heavy atom. The van der Waals surface area contributed by atoms with E-state index in [1.165, 1.54) is 4.31 Å². The van der Waals surface area contributed by atoms with Gasteiger partial charge in [-0.3, -0.25) is 9.10 Å². The van der Waals surface area contributed by atoms with Gasteiger partial charge in [0.15, 0.2) is 5.78 Å². The van der Waals surface area contributed by atoms with Crippen LogP contribution in [-0.4, -0.2) is 46.7 Å². The topological polar surface area (TPSA) is 75.7 Å². The fourth-order valence-electron chi connectivity index (χ4n) is 2.27. The van der Waals surface area contributed by atoms with Gasteiger partial charge in [0.25, 0.3) is 0 Å². The molecule has 0 aliphatic carbocycles. The van der Waals surface area contributed by atoms with Crippen molar-refractivity contribution in [2.24, 2.45) is 0 Å². The largest absolute Gasteiger partial charge is 0.487 e. The molecule has 0 bridgehead atoms. The predicted octanol–water partition coefficient (Wildman–Crippen LogP) is 1.03. The average Bonchev–Trinajstić information content (AvgIpc) is 2.42. The number of nitrogens with one attached hydrogen (secondary N) is 1. The molecule has 1 aliphatic heterocycles. The fraction of sp³-hybridized carbons (Fsp3) is 0.500. The lowest BCUT2D eigenvalue weighted by atomic mass is 10.1. The van der Waals surface area contributed by atoms with Crippen LogP contribution in [0.25, 0.3) is 0 Å². The second-order valence-corrected chi connectivity index (χ2v) is 7.09. The highest BCUT2D eigenvalue weighted by Gasteiger charge is 2.29. The summed E-state index contributed by atoms with van der Waals surface area (Å²) >= 11 is 0. The first-order valence-electron chi connectivity index (χ1n) is 6.79. The monoisotopic (exact) mass is 312 g/mol. The van der Waals surface area contributed by atoms with Crippen LogP contribution >= 0.6 is 0 Å². The highest BCUT2D eigenvalue weighted by Crippen LogP contribution is 2.35. The zero-order valence-electron chi connectivity index (χ0n) is 12.4. The van der Waals surface area contributed by atoms with Gasteiger partial charge in [-0.2, -0.15) is 0 Å². The van der Waals surface area contributed by atoms with Crippen LogP contribution in [-0.2, 0) is 10.0 Å². The summed E-state index contributed by atoms with van der Waals surface area (Å²) < 4.78 is 30.8. The number of carbonyl (C=O) groups is 1. The molecule has 1 aromatic rings. The van der Waals surface area contributed by atoms with E-state index < -0.39 is 10.0 Å². The Kier molecular flexibility index (Phi) is 4.53. The number of nitrogens with zero attached hydrogens (tertiary/aromatic N) is 1. The van der Waals surface area contributed by atoms with Crippen LogP contribution in [0.15, 0.2) is 18.2 Å². The lowest BCUT2D eigenvalue weighted by Crippen LogP contribution is -2.41. The van der Waals surface area contributed by atoms with Gasteiger partial charge in [-0.05, 0) is 32.2 Å². The number of anilines is 1. The van der Waals surface area contributed by atoms with Crippen molar-refractivity contribution < 1.29 is 17.9 Å². The number of Topliss-reactive ketones (excluding diaryl/α,β-unsaturated/α-hetero) is 1. The van der Waals surface area contributed by atoms with Crippen molar-refractivity contribution in [3.05, 3.63) is 23.8 Å². The lowest BCUT2D eigenvalue weighted by molar-refractivity contribution is 0.0983. The molecule has 116 valence electrons. The first-order chi connectivity index (χ1) is 9.82. The maximum Gasteiger partial charge on any atom is 0.232 e. The number of ether oxygens (including phenoxy) is 1. The van der Waals surface area contributed by atoms with E-state index in [-0.39, 0.29) is 18.4 Å². The summed E-state index contributed by atoms with van der Waals surface area (Å²) in [5.74, 6) is 0.462. The summed E-state index contributed by atoms with van der Waals surface area (Å²) in [6.07, 6.45) is 1.30. The minimum atomic E-state index is -3.40. The zero-order chi connectivity index (χ0) is 15.6. The minimum absolute atomic E-state index is 0.0285. The molecule has 0 saturated carbocycles. The van der Waals surface area contributed by atoms with E-state index in [2.05, 4.69) is 5.32 Å². The Hall–Kier alpha value is -1.60.